The highest BCUT2D eigenvalue weighted by atomic mass is 19.1. The molecule has 0 aliphatic heterocycles. The number of halogens is 1. The van der Waals surface area contributed by atoms with Crippen molar-refractivity contribution in [3.63, 3.8) is 0 Å². The SMILES string of the molecule is C[C@@H]1C[C@H]1C(=O)NCCC(=O)NCC1(c2ccc(F)cc2)CCCC1. The number of benzene rings is 1. The Bertz CT molecular complexity index is 623. The molecule has 0 radical (unpaired) electrons. The minimum Gasteiger partial charge on any atom is -0.355 e. The van der Waals surface area contributed by atoms with Crippen LogP contribution >= 0.6 is 0 Å². The van der Waals surface area contributed by atoms with Crippen LogP contribution in [0.15, 0.2) is 24.3 Å². The summed E-state index contributed by atoms with van der Waals surface area (Å²) in [4.78, 5) is 23.9. The Labute approximate surface area is 148 Å². The molecule has 2 amide bonds. The van der Waals surface area contributed by atoms with Gasteiger partial charge in [0.15, 0.2) is 0 Å². The van der Waals surface area contributed by atoms with E-state index in [-0.39, 0.29) is 29.0 Å². The van der Waals surface area contributed by atoms with E-state index in [4.69, 9.17) is 0 Å². The van der Waals surface area contributed by atoms with Crippen molar-refractivity contribution in [2.75, 3.05) is 13.1 Å². The normalized spacial score (nSPS) is 23.9. The van der Waals surface area contributed by atoms with Gasteiger partial charge in [0.05, 0.1) is 0 Å². The molecule has 0 aromatic heterocycles. The molecule has 2 atom stereocenters. The van der Waals surface area contributed by atoms with Crippen LogP contribution in [0.25, 0.3) is 0 Å². The highest BCUT2D eigenvalue weighted by Gasteiger charge is 2.39. The number of carbonyl (C=O) groups excluding carboxylic acids is 2. The summed E-state index contributed by atoms with van der Waals surface area (Å²) in [6, 6.07) is 6.66. The smallest absolute Gasteiger partial charge is 0.223 e. The molecule has 0 saturated heterocycles. The Morgan fingerprint density at radius 1 is 1.16 bits per heavy atom. The summed E-state index contributed by atoms with van der Waals surface area (Å²) < 4.78 is 13.2. The lowest BCUT2D eigenvalue weighted by molar-refractivity contribution is -0.123. The summed E-state index contributed by atoms with van der Waals surface area (Å²) in [5.41, 5.74) is 1.01. The lowest BCUT2D eigenvalue weighted by Gasteiger charge is -2.30. The molecular formula is C20H27FN2O2. The van der Waals surface area contributed by atoms with Crippen LogP contribution < -0.4 is 10.6 Å². The maximum absolute atomic E-state index is 13.2. The van der Waals surface area contributed by atoms with E-state index >= 15 is 0 Å². The van der Waals surface area contributed by atoms with Gasteiger partial charge in [-0.2, -0.15) is 0 Å². The Hall–Kier alpha value is -1.91. The second kappa shape index (κ2) is 7.54. The average Bonchev–Trinajstić information content (AvgIpc) is 3.14. The summed E-state index contributed by atoms with van der Waals surface area (Å²) in [6.07, 6.45) is 5.53. The van der Waals surface area contributed by atoms with Crippen molar-refractivity contribution in [1.82, 2.24) is 10.6 Å². The standard InChI is InChI=1S/C20H27FN2O2/c1-14-12-17(14)19(25)22-11-8-18(24)23-13-20(9-2-3-10-20)15-4-6-16(21)7-5-15/h4-7,14,17H,2-3,8-13H2,1H3,(H,22,25)(H,23,24)/t14-,17-/m1/s1. The number of hydrogen-bond acceptors (Lipinski definition) is 2. The van der Waals surface area contributed by atoms with Gasteiger partial charge in [0.25, 0.3) is 0 Å². The Balaban J connectivity index is 1.47. The molecule has 5 heteroatoms. The molecule has 3 rings (SSSR count). The molecule has 1 aromatic rings. The van der Waals surface area contributed by atoms with Gasteiger partial charge < -0.3 is 10.6 Å². The van der Waals surface area contributed by atoms with Crippen LogP contribution in [0.1, 0.15) is 51.0 Å². The first-order valence-corrected chi connectivity index (χ1v) is 9.31. The van der Waals surface area contributed by atoms with Crippen molar-refractivity contribution in [3.8, 4) is 0 Å². The molecule has 0 bridgehead atoms. The Morgan fingerprint density at radius 2 is 1.80 bits per heavy atom. The maximum atomic E-state index is 13.2. The van der Waals surface area contributed by atoms with Crippen LogP contribution in [0.3, 0.4) is 0 Å². The lowest BCUT2D eigenvalue weighted by atomic mass is 9.79. The van der Waals surface area contributed by atoms with Crippen molar-refractivity contribution in [2.24, 2.45) is 11.8 Å². The van der Waals surface area contributed by atoms with Gasteiger partial charge in [-0.05, 0) is 42.9 Å². The van der Waals surface area contributed by atoms with Gasteiger partial charge >= 0.3 is 0 Å². The highest BCUT2D eigenvalue weighted by Crippen LogP contribution is 2.40. The maximum Gasteiger partial charge on any atom is 0.223 e. The fraction of sp³-hybridized carbons (Fsp3) is 0.600. The van der Waals surface area contributed by atoms with E-state index in [9.17, 15) is 14.0 Å². The fourth-order valence-corrected chi connectivity index (χ4v) is 3.90. The second-order valence-electron chi connectivity index (χ2n) is 7.63. The van der Waals surface area contributed by atoms with Crippen molar-refractivity contribution < 1.29 is 14.0 Å². The molecule has 2 aliphatic rings. The summed E-state index contributed by atoms with van der Waals surface area (Å²) >= 11 is 0. The number of amides is 2. The van der Waals surface area contributed by atoms with Crippen molar-refractivity contribution in [1.29, 1.82) is 0 Å². The molecule has 2 fully saturated rings. The molecule has 4 nitrogen and oxygen atoms in total. The third-order valence-corrected chi connectivity index (χ3v) is 5.74. The predicted octanol–water partition coefficient (Wildman–Crippen LogP) is 2.92. The van der Waals surface area contributed by atoms with E-state index in [1.165, 1.54) is 12.1 Å². The molecule has 25 heavy (non-hydrogen) atoms. The molecule has 0 unspecified atom stereocenters. The topological polar surface area (TPSA) is 58.2 Å². The molecule has 0 spiro atoms. The first-order chi connectivity index (χ1) is 12.0. The number of rotatable bonds is 7. The van der Waals surface area contributed by atoms with Gasteiger partial charge in [-0.3, -0.25) is 9.59 Å². The van der Waals surface area contributed by atoms with Crippen LogP contribution in [-0.2, 0) is 15.0 Å². The van der Waals surface area contributed by atoms with Gasteiger partial charge in [-0.1, -0.05) is 31.9 Å². The zero-order valence-electron chi connectivity index (χ0n) is 14.8. The molecule has 2 saturated carbocycles. The Kier molecular flexibility index (Phi) is 5.40. The van der Waals surface area contributed by atoms with Gasteiger partial charge in [0.2, 0.25) is 11.8 Å². The van der Waals surface area contributed by atoms with Crippen LogP contribution in [-0.4, -0.2) is 24.9 Å². The van der Waals surface area contributed by atoms with E-state index in [2.05, 4.69) is 17.6 Å². The average molecular weight is 346 g/mol. The lowest BCUT2D eigenvalue weighted by Crippen LogP contribution is -2.40. The first-order valence-electron chi connectivity index (χ1n) is 9.31. The zero-order valence-corrected chi connectivity index (χ0v) is 14.8. The Morgan fingerprint density at radius 3 is 2.40 bits per heavy atom. The fourth-order valence-electron chi connectivity index (χ4n) is 3.90. The minimum absolute atomic E-state index is 0.0440. The van der Waals surface area contributed by atoms with Crippen LogP contribution in [0.2, 0.25) is 0 Å². The predicted molar refractivity (Wildman–Crippen MR) is 94.5 cm³/mol. The summed E-state index contributed by atoms with van der Waals surface area (Å²) in [7, 11) is 0. The minimum atomic E-state index is -0.235. The molecule has 2 N–H and O–H groups in total. The second-order valence-corrected chi connectivity index (χ2v) is 7.63. The largest absolute Gasteiger partial charge is 0.355 e. The number of nitrogens with one attached hydrogen (secondary N) is 2. The van der Waals surface area contributed by atoms with E-state index in [0.29, 0.717) is 25.4 Å². The van der Waals surface area contributed by atoms with Crippen LogP contribution in [0.5, 0.6) is 0 Å². The first kappa shape index (κ1) is 17.9. The van der Waals surface area contributed by atoms with E-state index in [0.717, 1.165) is 37.7 Å². The molecular weight excluding hydrogens is 319 g/mol. The van der Waals surface area contributed by atoms with Crippen LogP contribution in [0, 0.1) is 17.7 Å². The molecule has 0 heterocycles. The van der Waals surface area contributed by atoms with E-state index in [1.54, 1.807) is 0 Å². The van der Waals surface area contributed by atoms with E-state index in [1.807, 2.05) is 12.1 Å². The van der Waals surface area contributed by atoms with Crippen molar-refractivity contribution in [2.45, 2.75) is 50.9 Å². The van der Waals surface area contributed by atoms with E-state index < -0.39 is 0 Å². The third kappa shape index (κ3) is 4.39. The summed E-state index contributed by atoms with van der Waals surface area (Å²) in [6.45, 7) is 3.02. The van der Waals surface area contributed by atoms with Gasteiger partial charge in [0.1, 0.15) is 5.82 Å². The van der Waals surface area contributed by atoms with Gasteiger partial charge in [0, 0.05) is 30.8 Å². The van der Waals surface area contributed by atoms with Gasteiger partial charge in [-0.15, -0.1) is 0 Å². The number of carbonyl (C=O) groups is 2. The van der Waals surface area contributed by atoms with Gasteiger partial charge in [-0.25, -0.2) is 4.39 Å². The van der Waals surface area contributed by atoms with Crippen molar-refractivity contribution >= 4 is 11.8 Å². The highest BCUT2D eigenvalue weighted by molar-refractivity contribution is 5.82. The molecule has 136 valence electrons. The van der Waals surface area contributed by atoms with Crippen molar-refractivity contribution in [3.05, 3.63) is 35.6 Å². The summed E-state index contributed by atoms with van der Waals surface area (Å²) in [5, 5.41) is 5.86. The zero-order chi connectivity index (χ0) is 17.9. The summed E-state index contributed by atoms with van der Waals surface area (Å²) in [5.74, 6) is 0.410. The monoisotopic (exact) mass is 346 g/mol. The quantitative estimate of drug-likeness (QED) is 0.797. The molecule has 1 aromatic carbocycles. The number of hydrogen-bond donors (Lipinski definition) is 2. The van der Waals surface area contributed by atoms with Crippen LogP contribution in [0.4, 0.5) is 4.39 Å². The third-order valence-electron chi connectivity index (χ3n) is 5.74. The molecule has 2 aliphatic carbocycles.